The lowest BCUT2D eigenvalue weighted by molar-refractivity contribution is -0.188. The molecule has 1 amide bonds. The summed E-state index contributed by atoms with van der Waals surface area (Å²) in [4.78, 5) is 11.4. The number of alkyl halides is 3. The molecule has 2 N–H and O–H groups in total. The Balaban J connectivity index is 2.27. The normalized spacial score (nSPS) is 23.6. The van der Waals surface area contributed by atoms with Crippen molar-refractivity contribution < 1.29 is 22.7 Å². The summed E-state index contributed by atoms with van der Waals surface area (Å²) in [6, 6.07) is -0.560. The van der Waals surface area contributed by atoms with E-state index < -0.39 is 18.1 Å². The van der Waals surface area contributed by atoms with Gasteiger partial charge in [0.2, 0.25) is 5.91 Å². The summed E-state index contributed by atoms with van der Waals surface area (Å²) in [7, 11) is 1.54. The monoisotopic (exact) mass is 296 g/mol. The molecule has 0 aliphatic heterocycles. The standard InChI is InChI=1S/C13H23F3N2O2/c1-20-9-8-18-12(19)6-7-17-11-5-3-2-4-10(11)13(14,15)16/h10-11,17H,2-9H2,1H3,(H,18,19). The third-order valence-electron chi connectivity index (χ3n) is 3.57. The smallest absolute Gasteiger partial charge is 0.383 e. The van der Waals surface area contributed by atoms with Crippen molar-refractivity contribution in [2.24, 2.45) is 5.92 Å². The second-order valence-electron chi connectivity index (χ2n) is 5.09. The largest absolute Gasteiger partial charge is 0.393 e. The van der Waals surface area contributed by atoms with Gasteiger partial charge in [-0.3, -0.25) is 4.79 Å². The topological polar surface area (TPSA) is 50.4 Å². The molecule has 20 heavy (non-hydrogen) atoms. The highest BCUT2D eigenvalue weighted by molar-refractivity contribution is 5.76. The van der Waals surface area contributed by atoms with Crippen molar-refractivity contribution in [2.75, 3.05) is 26.8 Å². The molecule has 2 unspecified atom stereocenters. The molecule has 0 aromatic heterocycles. The summed E-state index contributed by atoms with van der Waals surface area (Å²) in [5.74, 6) is -1.46. The average Bonchev–Trinajstić information content (AvgIpc) is 2.38. The third-order valence-corrected chi connectivity index (χ3v) is 3.57. The van der Waals surface area contributed by atoms with E-state index >= 15 is 0 Å². The first-order valence-corrected chi connectivity index (χ1v) is 7.01. The molecule has 0 saturated heterocycles. The van der Waals surface area contributed by atoms with Gasteiger partial charge in [0.05, 0.1) is 12.5 Å². The van der Waals surface area contributed by atoms with Crippen LogP contribution in [-0.2, 0) is 9.53 Å². The van der Waals surface area contributed by atoms with Crippen molar-refractivity contribution in [3.8, 4) is 0 Å². The Morgan fingerprint density at radius 1 is 1.25 bits per heavy atom. The molecule has 1 saturated carbocycles. The second kappa shape index (κ2) is 8.46. The van der Waals surface area contributed by atoms with Gasteiger partial charge in [0.1, 0.15) is 0 Å². The molecule has 118 valence electrons. The quantitative estimate of drug-likeness (QED) is 0.705. The maximum Gasteiger partial charge on any atom is 0.393 e. The van der Waals surface area contributed by atoms with Crippen molar-refractivity contribution >= 4 is 5.91 Å². The summed E-state index contributed by atoms with van der Waals surface area (Å²) in [6.07, 6.45) is -1.83. The van der Waals surface area contributed by atoms with E-state index in [1.807, 2.05) is 0 Å². The zero-order valence-electron chi connectivity index (χ0n) is 11.8. The van der Waals surface area contributed by atoms with Crippen molar-refractivity contribution in [1.82, 2.24) is 10.6 Å². The molecule has 7 heteroatoms. The molecule has 0 spiro atoms. The van der Waals surface area contributed by atoms with Crippen LogP contribution in [0.5, 0.6) is 0 Å². The highest BCUT2D eigenvalue weighted by Crippen LogP contribution is 2.37. The van der Waals surface area contributed by atoms with Gasteiger partial charge in [0.25, 0.3) is 0 Å². The van der Waals surface area contributed by atoms with E-state index in [-0.39, 0.29) is 25.3 Å². The van der Waals surface area contributed by atoms with Crippen molar-refractivity contribution in [1.29, 1.82) is 0 Å². The first-order chi connectivity index (χ1) is 9.45. The first-order valence-electron chi connectivity index (χ1n) is 7.01. The lowest BCUT2D eigenvalue weighted by atomic mass is 9.84. The SMILES string of the molecule is COCCNC(=O)CCNC1CCCCC1C(F)(F)F. The van der Waals surface area contributed by atoms with Crippen molar-refractivity contribution in [2.45, 2.75) is 44.3 Å². The highest BCUT2D eigenvalue weighted by Gasteiger charge is 2.45. The number of rotatable bonds is 7. The molecule has 4 nitrogen and oxygen atoms in total. The number of amides is 1. The lowest BCUT2D eigenvalue weighted by Gasteiger charge is -2.33. The molecule has 0 heterocycles. The summed E-state index contributed by atoms with van der Waals surface area (Å²) in [6.45, 7) is 1.12. The van der Waals surface area contributed by atoms with Gasteiger partial charge in [0.15, 0.2) is 0 Å². The van der Waals surface area contributed by atoms with E-state index in [1.54, 1.807) is 0 Å². The summed E-state index contributed by atoms with van der Waals surface area (Å²) >= 11 is 0. The van der Waals surface area contributed by atoms with Crippen LogP contribution in [0.2, 0.25) is 0 Å². The Morgan fingerprint density at radius 3 is 2.60 bits per heavy atom. The minimum absolute atomic E-state index is 0.172. The van der Waals surface area contributed by atoms with Gasteiger partial charge in [0, 0.05) is 32.7 Å². The van der Waals surface area contributed by atoms with E-state index in [9.17, 15) is 18.0 Å². The van der Waals surface area contributed by atoms with Gasteiger partial charge < -0.3 is 15.4 Å². The number of halogens is 3. The lowest BCUT2D eigenvalue weighted by Crippen LogP contribution is -2.46. The Morgan fingerprint density at radius 2 is 1.95 bits per heavy atom. The predicted octanol–water partition coefficient (Wildman–Crippen LogP) is 1.85. The van der Waals surface area contributed by atoms with Crippen LogP contribution in [-0.4, -0.2) is 44.9 Å². The molecule has 1 aliphatic carbocycles. The third kappa shape index (κ3) is 6.09. The predicted molar refractivity (Wildman–Crippen MR) is 69.3 cm³/mol. The zero-order valence-corrected chi connectivity index (χ0v) is 11.8. The van der Waals surface area contributed by atoms with Crippen LogP contribution in [0.15, 0.2) is 0 Å². The molecule has 2 atom stereocenters. The number of carbonyl (C=O) groups excluding carboxylic acids is 1. The number of carbonyl (C=O) groups is 1. The zero-order chi connectivity index (χ0) is 15.0. The number of methoxy groups -OCH3 is 1. The van der Waals surface area contributed by atoms with Gasteiger partial charge in [-0.05, 0) is 12.8 Å². The van der Waals surface area contributed by atoms with E-state index in [4.69, 9.17) is 4.74 Å². The van der Waals surface area contributed by atoms with Gasteiger partial charge in [-0.2, -0.15) is 13.2 Å². The number of ether oxygens (including phenoxy) is 1. The Labute approximate surface area is 117 Å². The van der Waals surface area contributed by atoms with Crippen LogP contribution in [0, 0.1) is 5.92 Å². The van der Waals surface area contributed by atoms with Gasteiger partial charge >= 0.3 is 6.18 Å². The number of hydrogen-bond acceptors (Lipinski definition) is 3. The molecule has 1 rings (SSSR count). The Bertz CT molecular complexity index is 298. The van der Waals surface area contributed by atoms with E-state index in [0.29, 0.717) is 26.0 Å². The number of hydrogen-bond donors (Lipinski definition) is 2. The second-order valence-corrected chi connectivity index (χ2v) is 5.09. The van der Waals surface area contributed by atoms with Crippen molar-refractivity contribution in [3.05, 3.63) is 0 Å². The van der Waals surface area contributed by atoms with Crippen LogP contribution >= 0.6 is 0 Å². The van der Waals surface area contributed by atoms with Crippen LogP contribution in [0.1, 0.15) is 32.1 Å². The highest BCUT2D eigenvalue weighted by atomic mass is 19.4. The molecule has 0 bridgehead atoms. The van der Waals surface area contributed by atoms with Crippen LogP contribution in [0.4, 0.5) is 13.2 Å². The fourth-order valence-corrected chi connectivity index (χ4v) is 2.52. The number of nitrogens with one attached hydrogen (secondary N) is 2. The Kier molecular flexibility index (Phi) is 7.29. The molecule has 0 aromatic rings. The molecular weight excluding hydrogens is 273 g/mol. The summed E-state index contributed by atoms with van der Waals surface area (Å²) in [5, 5.41) is 5.52. The van der Waals surface area contributed by atoms with Crippen LogP contribution in [0.25, 0.3) is 0 Å². The summed E-state index contributed by atoms with van der Waals surface area (Å²) < 4.78 is 43.3. The average molecular weight is 296 g/mol. The van der Waals surface area contributed by atoms with E-state index in [2.05, 4.69) is 10.6 Å². The molecular formula is C13H23F3N2O2. The molecule has 0 radical (unpaired) electrons. The summed E-state index contributed by atoms with van der Waals surface area (Å²) in [5.41, 5.74) is 0. The van der Waals surface area contributed by atoms with Crippen LogP contribution < -0.4 is 10.6 Å². The van der Waals surface area contributed by atoms with E-state index in [0.717, 1.165) is 6.42 Å². The molecule has 1 aliphatic rings. The fourth-order valence-electron chi connectivity index (χ4n) is 2.52. The molecule has 0 aromatic carbocycles. The van der Waals surface area contributed by atoms with Crippen LogP contribution in [0.3, 0.4) is 0 Å². The van der Waals surface area contributed by atoms with Gasteiger partial charge in [-0.15, -0.1) is 0 Å². The first kappa shape index (κ1) is 17.2. The minimum atomic E-state index is -4.15. The maximum absolute atomic E-state index is 12.8. The van der Waals surface area contributed by atoms with Gasteiger partial charge in [-0.25, -0.2) is 0 Å². The minimum Gasteiger partial charge on any atom is -0.383 e. The maximum atomic E-state index is 12.8. The van der Waals surface area contributed by atoms with Gasteiger partial charge in [-0.1, -0.05) is 12.8 Å². The van der Waals surface area contributed by atoms with Crippen molar-refractivity contribution in [3.63, 3.8) is 0 Å². The Hall–Kier alpha value is -0.820. The molecule has 1 fully saturated rings. The van der Waals surface area contributed by atoms with E-state index in [1.165, 1.54) is 7.11 Å². The fraction of sp³-hybridized carbons (Fsp3) is 0.923.